The molecule has 162 valence electrons. The minimum absolute atomic E-state index is 0.543. The van der Waals surface area contributed by atoms with Crippen molar-refractivity contribution in [3.8, 4) is 6.07 Å². The number of aromatic nitrogens is 3. The van der Waals surface area contributed by atoms with Gasteiger partial charge in [-0.2, -0.15) is 10.2 Å². The van der Waals surface area contributed by atoms with Crippen molar-refractivity contribution in [1.29, 1.82) is 5.26 Å². The fourth-order valence-corrected chi connectivity index (χ4v) is 4.35. The molecule has 2 saturated heterocycles. The van der Waals surface area contributed by atoms with Crippen LogP contribution in [0.1, 0.15) is 22.5 Å². The summed E-state index contributed by atoms with van der Waals surface area (Å²) in [5.41, 5.74) is 3.69. The molecule has 5 rings (SSSR count). The SMILES string of the molecule is Cc1cc(N2CCOCC2)nc(N2CCN(c3nc4c(cc3C#N)COCC4)CC2)n1. The largest absolute Gasteiger partial charge is 0.378 e. The summed E-state index contributed by atoms with van der Waals surface area (Å²) < 4.78 is 11.0. The summed E-state index contributed by atoms with van der Waals surface area (Å²) in [4.78, 5) is 21.1. The molecular weight excluding hydrogens is 394 g/mol. The van der Waals surface area contributed by atoms with Gasteiger partial charge >= 0.3 is 0 Å². The molecule has 0 unspecified atom stereocenters. The molecule has 0 bridgehead atoms. The highest BCUT2D eigenvalue weighted by Gasteiger charge is 2.25. The Hall–Kier alpha value is -2.96. The van der Waals surface area contributed by atoms with E-state index < -0.39 is 0 Å². The van der Waals surface area contributed by atoms with E-state index in [1.165, 1.54) is 0 Å². The lowest BCUT2D eigenvalue weighted by Crippen LogP contribution is -2.48. The third-order valence-electron chi connectivity index (χ3n) is 6.06. The quantitative estimate of drug-likeness (QED) is 0.727. The molecule has 0 saturated carbocycles. The molecule has 0 spiro atoms. The first-order valence-corrected chi connectivity index (χ1v) is 10.9. The van der Waals surface area contributed by atoms with Crippen LogP contribution in [0.2, 0.25) is 0 Å². The van der Waals surface area contributed by atoms with E-state index in [1.807, 2.05) is 19.1 Å². The Bertz CT molecular complexity index is 992. The van der Waals surface area contributed by atoms with Crippen LogP contribution in [0.25, 0.3) is 0 Å². The van der Waals surface area contributed by atoms with E-state index in [0.717, 1.165) is 93.4 Å². The van der Waals surface area contributed by atoms with Gasteiger partial charge in [-0.25, -0.2) is 9.97 Å². The molecule has 3 aliphatic rings. The third kappa shape index (κ3) is 4.13. The van der Waals surface area contributed by atoms with E-state index in [1.54, 1.807) is 0 Å². The van der Waals surface area contributed by atoms with Crippen LogP contribution in [-0.4, -0.2) is 74.0 Å². The van der Waals surface area contributed by atoms with Crippen molar-refractivity contribution in [2.75, 3.05) is 73.8 Å². The van der Waals surface area contributed by atoms with Gasteiger partial charge in [0.2, 0.25) is 5.95 Å². The average molecular weight is 422 g/mol. The first kappa shape index (κ1) is 20.0. The van der Waals surface area contributed by atoms with Crippen molar-refractivity contribution < 1.29 is 9.47 Å². The molecule has 9 nitrogen and oxygen atoms in total. The van der Waals surface area contributed by atoms with Gasteiger partial charge in [0.25, 0.3) is 0 Å². The van der Waals surface area contributed by atoms with Gasteiger partial charge in [-0.15, -0.1) is 0 Å². The van der Waals surface area contributed by atoms with Crippen LogP contribution < -0.4 is 14.7 Å². The summed E-state index contributed by atoms with van der Waals surface area (Å²) in [5, 5.41) is 9.66. The van der Waals surface area contributed by atoms with Crippen LogP contribution >= 0.6 is 0 Å². The van der Waals surface area contributed by atoms with Crippen molar-refractivity contribution in [3.63, 3.8) is 0 Å². The Balaban J connectivity index is 1.32. The molecule has 2 aromatic rings. The van der Waals surface area contributed by atoms with E-state index in [0.29, 0.717) is 18.8 Å². The van der Waals surface area contributed by atoms with Gasteiger partial charge < -0.3 is 24.2 Å². The van der Waals surface area contributed by atoms with Gasteiger partial charge in [0, 0.05) is 63.0 Å². The molecule has 0 aliphatic carbocycles. The summed E-state index contributed by atoms with van der Waals surface area (Å²) >= 11 is 0. The van der Waals surface area contributed by atoms with Gasteiger partial charge in [0.1, 0.15) is 17.7 Å². The van der Waals surface area contributed by atoms with Gasteiger partial charge in [-0.05, 0) is 13.0 Å². The Labute approximate surface area is 182 Å². The van der Waals surface area contributed by atoms with Gasteiger partial charge in [-0.1, -0.05) is 0 Å². The summed E-state index contributed by atoms with van der Waals surface area (Å²) in [6, 6.07) is 6.32. The number of fused-ring (bicyclic) bond motifs is 1. The van der Waals surface area contributed by atoms with Gasteiger partial charge in [0.05, 0.1) is 37.7 Å². The highest BCUT2D eigenvalue weighted by Crippen LogP contribution is 2.26. The predicted molar refractivity (Wildman–Crippen MR) is 117 cm³/mol. The second-order valence-corrected chi connectivity index (χ2v) is 8.12. The second-order valence-electron chi connectivity index (χ2n) is 8.12. The molecule has 0 amide bonds. The number of nitriles is 1. The summed E-state index contributed by atoms with van der Waals surface area (Å²) in [5.74, 6) is 2.54. The lowest BCUT2D eigenvalue weighted by Gasteiger charge is -2.36. The van der Waals surface area contributed by atoms with Crippen molar-refractivity contribution in [3.05, 3.63) is 34.6 Å². The predicted octanol–water partition coefficient (Wildman–Crippen LogP) is 1.29. The number of anilines is 3. The highest BCUT2D eigenvalue weighted by atomic mass is 16.5. The molecule has 0 atom stereocenters. The smallest absolute Gasteiger partial charge is 0.227 e. The molecule has 5 heterocycles. The van der Waals surface area contributed by atoms with Crippen LogP contribution in [0.5, 0.6) is 0 Å². The molecular formula is C22H27N7O2. The van der Waals surface area contributed by atoms with E-state index in [9.17, 15) is 5.26 Å². The average Bonchev–Trinajstić information content (AvgIpc) is 2.83. The maximum Gasteiger partial charge on any atom is 0.227 e. The van der Waals surface area contributed by atoms with Crippen molar-refractivity contribution >= 4 is 17.6 Å². The zero-order chi connectivity index (χ0) is 21.2. The Morgan fingerprint density at radius 3 is 2.42 bits per heavy atom. The van der Waals surface area contributed by atoms with Crippen LogP contribution in [0, 0.1) is 18.3 Å². The lowest BCUT2D eigenvalue weighted by molar-refractivity contribution is 0.109. The first-order valence-electron chi connectivity index (χ1n) is 10.9. The number of piperazine rings is 1. The Morgan fingerprint density at radius 2 is 1.65 bits per heavy atom. The van der Waals surface area contributed by atoms with Crippen molar-refractivity contribution in [2.45, 2.75) is 20.0 Å². The number of hydrogen-bond acceptors (Lipinski definition) is 9. The monoisotopic (exact) mass is 421 g/mol. The van der Waals surface area contributed by atoms with Gasteiger partial charge in [0.15, 0.2) is 0 Å². The molecule has 3 aliphatic heterocycles. The van der Waals surface area contributed by atoms with Crippen LogP contribution in [0.3, 0.4) is 0 Å². The van der Waals surface area contributed by atoms with Crippen LogP contribution in [0.15, 0.2) is 12.1 Å². The summed E-state index contributed by atoms with van der Waals surface area (Å²) in [7, 11) is 0. The van der Waals surface area contributed by atoms with Crippen LogP contribution in [0.4, 0.5) is 17.6 Å². The maximum absolute atomic E-state index is 9.66. The highest BCUT2D eigenvalue weighted by molar-refractivity contribution is 5.57. The third-order valence-corrected chi connectivity index (χ3v) is 6.06. The number of morpholine rings is 1. The molecule has 0 aromatic carbocycles. The maximum atomic E-state index is 9.66. The van der Waals surface area contributed by atoms with Crippen molar-refractivity contribution in [1.82, 2.24) is 15.0 Å². The topological polar surface area (TPSA) is 90.6 Å². The molecule has 0 N–H and O–H groups in total. The standard InChI is InChI=1S/C22H27N7O2/c1-16-12-20(27-7-10-30-11-8-27)26-22(24-16)29-5-3-28(4-6-29)21-17(14-23)13-18-15-31-9-2-19(18)25-21/h12-13H,2-11,15H2,1H3. The molecule has 2 aromatic heterocycles. The minimum atomic E-state index is 0.543. The molecule has 2 fully saturated rings. The zero-order valence-electron chi connectivity index (χ0n) is 17.9. The van der Waals surface area contributed by atoms with Gasteiger partial charge in [-0.3, -0.25) is 0 Å². The Kier molecular flexibility index (Phi) is 5.57. The summed E-state index contributed by atoms with van der Waals surface area (Å²) in [6.45, 7) is 9.57. The minimum Gasteiger partial charge on any atom is -0.378 e. The fourth-order valence-electron chi connectivity index (χ4n) is 4.35. The fraction of sp³-hybridized carbons (Fsp3) is 0.545. The molecule has 0 radical (unpaired) electrons. The number of hydrogen-bond donors (Lipinski definition) is 0. The van der Waals surface area contributed by atoms with E-state index >= 15 is 0 Å². The number of aryl methyl sites for hydroxylation is 1. The number of rotatable bonds is 3. The lowest BCUT2D eigenvalue weighted by atomic mass is 10.1. The number of ether oxygens (including phenoxy) is 2. The zero-order valence-corrected chi connectivity index (χ0v) is 17.9. The first-order chi connectivity index (χ1) is 15.2. The van der Waals surface area contributed by atoms with E-state index in [-0.39, 0.29) is 0 Å². The number of pyridine rings is 1. The summed E-state index contributed by atoms with van der Waals surface area (Å²) in [6.07, 6.45) is 0.801. The Morgan fingerprint density at radius 1 is 0.871 bits per heavy atom. The molecule has 31 heavy (non-hydrogen) atoms. The molecule has 9 heteroatoms. The van der Waals surface area contributed by atoms with Crippen molar-refractivity contribution in [2.24, 2.45) is 0 Å². The van der Waals surface area contributed by atoms with Crippen LogP contribution in [-0.2, 0) is 22.5 Å². The second kappa shape index (κ2) is 8.65. The normalized spacial score (nSPS) is 19.2. The van der Waals surface area contributed by atoms with E-state index in [4.69, 9.17) is 24.4 Å². The number of nitrogens with zero attached hydrogens (tertiary/aromatic N) is 7. The van der Waals surface area contributed by atoms with E-state index in [2.05, 4.69) is 20.8 Å².